The van der Waals surface area contributed by atoms with Crippen molar-refractivity contribution >= 4 is 18.3 Å². The van der Waals surface area contributed by atoms with E-state index in [0.717, 1.165) is 25.8 Å². The summed E-state index contributed by atoms with van der Waals surface area (Å²) in [6, 6.07) is 0.591. The van der Waals surface area contributed by atoms with Crippen molar-refractivity contribution in [1.82, 2.24) is 10.6 Å². The van der Waals surface area contributed by atoms with Gasteiger partial charge in [-0.2, -0.15) is 0 Å². The fourth-order valence-corrected chi connectivity index (χ4v) is 2.10. The molecule has 114 valence electrons. The van der Waals surface area contributed by atoms with E-state index in [9.17, 15) is 4.79 Å². The maximum absolute atomic E-state index is 12.0. The molecule has 0 aromatic carbocycles. The van der Waals surface area contributed by atoms with Crippen LogP contribution in [0.5, 0.6) is 0 Å². The van der Waals surface area contributed by atoms with Gasteiger partial charge in [0.25, 0.3) is 0 Å². The van der Waals surface area contributed by atoms with E-state index >= 15 is 0 Å². The van der Waals surface area contributed by atoms with Crippen molar-refractivity contribution in [2.24, 2.45) is 5.92 Å². The predicted molar refractivity (Wildman–Crippen MR) is 80.7 cm³/mol. The Bertz CT molecular complexity index is 262. The van der Waals surface area contributed by atoms with Crippen LogP contribution in [0.2, 0.25) is 0 Å². The third-order valence-corrected chi connectivity index (χ3v) is 3.52. The monoisotopic (exact) mass is 292 g/mol. The summed E-state index contributed by atoms with van der Waals surface area (Å²) in [6.45, 7) is 9.97. The second-order valence-corrected chi connectivity index (χ2v) is 5.70. The molecule has 1 amide bonds. The minimum absolute atomic E-state index is 0. The summed E-state index contributed by atoms with van der Waals surface area (Å²) >= 11 is 0. The minimum Gasteiger partial charge on any atom is -0.369 e. The molecule has 4 nitrogen and oxygen atoms in total. The zero-order valence-electron chi connectivity index (χ0n) is 12.6. The summed E-state index contributed by atoms with van der Waals surface area (Å²) in [5.74, 6) is 0.627. The van der Waals surface area contributed by atoms with Crippen LogP contribution in [-0.4, -0.2) is 37.2 Å². The average molecular weight is 293 g/mol. The second-order valence-electron chi connectivity index (χ2n) is 5.70. The van der Waals surface area contributed by atoms with Crippen LogP contribution in [0.1, 0.15) is 47.0 Å². The van der Waals surface area contributed by atoms with E-state index < -0.39 is 0 Å². The van der Waals surface area contributed by atoms with Crippen LogP contribution in [0.25, 0.3) is 0 Å². The number of rotatable bonds is 6. The van der Waals surface area contributed by atoms with Crippen molar-refractivity contribution < 1.29 is 9.53 Å². The van der Waals surface area contributed by atoms with E-state index in [1.54, 1.807) is 0 Å². The summed E-state index contributed by atoms with van der Waals surface area (Å²) in [4.78, 5) is 12.0. The average Bonchev–Trinajstić information content (AvgIpc) is 2.31. The van der Waals surface area contributed by atoms with E-state index in [1.807, 2.05) is 6.92 Å². The Morgan fingerprint density at radius 1 is 1.42 bits per heavy atom. The zero-order chi connectivity index (χ0) is 13.5. The molecule has 5 heteroatoms. The third kappa shape index (κ3) is 7.14. The van der Waals surface area contributed by atoms with Gasteiger partial charge >= 0.3 is 0 Å². The lowest BCUT2D eigenvalue weighted by molar-refractivity contribution is -0.133. The molecule has 0 bridgehead atoms. The molecule has 0 saturated carbocycles. The highest BCUT2D eigenvalue weighted by molar-refractivity contribution is 5.85. The molecule has 0 aromatic rings. The summed E-state index contributed by atoms with van der Waals surface area (Å²) in [7, 11) is 0. The molecule has 0 aliphatic carbocycles. The molecule has 0 radical (unpaired) electrons. The highest BCUT2D eigenvalue weighted by atomic mass is 35.5. The Kier molecular flexibility index (Phi) is 9.40. The van der Waals surface area contributed by atoms with Gasteiger partial charge in [0.1, 0.15) is 6.10 Å². The molecule has 2 N–H and O–H groups in total. The first kappa shape index (κ1) is 18.7. The highest BCUT2D eigenvalue weighted by Gasteiger charge is 2.24. The molecule has 0 spiro atoms. The van der Waals surface area contributed by atoms with Gasteiger partial charge < -0.3 is 15.4 Å². The van der Waals surface area contributed by atoms with Gasteiger partial charge in [-0.05, 0) is 45.6 Å². The molecule has 1 aliphatic rings. The smallest absolute Gasteiger partial charge is 0.249 e. The van der Waals surface area contributed by atoms with Gasteiger partial charge in [0, 0.05) is 18.7 Å². The number of nitrogens with one attached hydrogen (secondary N) is 2. The molecule has 19 heavy (non-hydrogen) atoms. The normalized spacial score (nSPS) is 24.7. The number of piperidine rings is 1. The Hall–Kier alpha value is -0.320. The Balaban J connectivity index is 0.00000324. The molecular weight excluding hydrogens is 264 g/mol. The van der Waals surface area contributed by atoms with Crippen molar-refractivity contribution in [2.75, 3.05) is 13.2 Å². The van der Waals surface area contributed by atoms with Crippen LogP contribution >= 0.6 is 12.4 Å². The van der Waals surface area contributed by atoms with Crippen molar-refractivity contribution in [3.63, 3.8) is 0 Å². The van der Waals surface area contributed by atoms with Crippen molar-refractivity contribution in [1.29, 1.82) is 0 Å². The van der Waals surface area contributed by atoms with Gasteiger partial charge in [-0.1, -0.05) is 13.8 Å². The lowest BCUT2D eigenvalue weighted by atomic mass is 10.00. The molecular formula is C14H29ClN2O2. The number of carbonyl (C=O) groups excluding carboxylic acids is 1. The molecule has 1 fully saturated rings. The standard InChI is InChI=1S/C14H28N2O2.ClH/c1-10(2)7-9-18-12(4)14(17)16-13-6-5-8-15-11(13)3;/h10-13,15H,5-9H2,1-4H3,(H,16,17);1H. The summed E-state index contributed by atoms with van der Waals surface area (Å²) in [5, 5.41) is 6.46. The number of hydrogen-bond donors (Lipinski definition) is 2. The molecule has 1 aliphatic heterocycles. The van der Waals surface area contributed by atoms with E-state index in [2.05, 4.69) is 31.4 Å². The maximum atomic E-state index is 12.0. The highest BCUT2D eigenvalue weighted by Crippen LogP contribution is 2.09. The lowest BCUT2D eigenvalue weighted by Crippen LogP contribution is -2.53. The number of amides is 1. The van der Waals surface area contributed by atoms with Crippen LogP contribution in [0.4, 0.5) is 0 Å². The lowest BCUT2D eigenvalue weighted by Gasteiger charge is -2.31. The van der Waals surface area contributed by atoms with Gasteiger partial charge in [0.05, 0.1) is 0 Å². The maximum Gasteiger partial charge on any atom is 0.249 e. The number of hydrogen-bond acceptors (Lipinski definition) is 3. The zero-order valence-corrected chi connectivity index (χ0v) is 13.4. The summed E-state index contributed by atoms with van der Waals surface area (Å²) in [5.41, 5.74) is 0. The van der Waals surface area contributed by atoms with Crippen LogP contribution in [0.15, 0.2) is 0 Å². The van der Waals surface area contributed by atoms with Crippen LogP contribution in [0.3, 0.4) is 0 Å². The Labute approximate surface area is 123 Å². The first-order valence-corrected chi connectivity index (χ1v) is 7.16. The van der Waals surface area contributed by atoms with Crippen LogP contribution in [0, 0.1) is 5.92 Å². The number of ether oxygens (including phenoxy) is 1. The van der Waals surface area contributed by atoms with Crippen LogP contribution in [-0.2, 0) is 9.53 Å². The Morgan fingerprint density at radius 3 is 2.68 bits per heavy atom. The molecule has 3 unspecified atom stereocenters. The largest absolute Gasteiger partial charge is 0.369 e. The van der Waals surface area contributed by atoms with E-state index in [4.69, 9.17) is 4.74 Å². The van der Waals surface area contributed by atoms with Gasteiger partial charge in [0.15, 0.2) is 0 Å². The second kappa shape index (κ2) is 9.56. The number of carbonyl (C=O) groups is 1. The third-order valence-electron chi connectivity index (χ3n) is 3.52. The minimum atomic E-state index is -0.349. The topological polar surface area (TPSA) is 50.4 Å². The molecule has 1 saturated heterocycles. The van der Waals surface area contributed by atoms with Gasteiger partial charge in [0.2, 0.25) is 5.91 Å². The fraction of sp³-hybridized carbons (Fsp3) is 0.929. The number of halogens is 1. The molecule has 1 rings (SSSR count). The van der Waals surface area contributed by atoms with E-state index in [0.29, 0.717) is 18.6 Å². The molecule has 0 aromatic heterocycles. The van der Waals surface area contributed by atoms with Crippen molar-refractivity contribution in [3.05, 3.63) is 0 Å². The predicted octanol–water partition coefficient (Wildman–Crippen LogP) is 2.12. The van der Waals surface area contributed by atoms with E-state index in [-0.39, 0.29) is 30.5 Å². The van der Waals surface area contributed by atoms with Gasteiger partial charge in [-0.3, -0.25) is 4.79 Å². The van der Waals surface area contributed by atoms with Crippen molar-refractivity contribution in [2.45, 2.75) is 65.1 Å². The van der Waals surface area contributed by atoms with Gasteiger partial charge in [-0.25, -0.2) is 0 Å². The van der Waals surface area contributed by atoms with Crippen LogP contribution < -0.4 is 10.6 Å². The first-order chi connectivity index (χ1) is 8.50. The fourth-order valence-electron chi connectivity index (χ4n) is 2.10. The quantitative estimate of drug-likeness (QED) is 0.788. The van der Waals surface area contributed by atoms with Gasteiger partial charge in [-0.15, -0.1) is 12.4 Å². The first-order valence-electron chi connectivity index (χ1n) is 7.16. The summed E-state index contributed by atoms with van der Waals surface area (Å²) < 4.78 is 5.56. The van der Waals surface area contributed by atoms with E-state index in [1.165, 1.54) is 0 Å². The SMILES string of the molecule is CC(C)CCOC(C)C(=O)NC1CCCNC1C.Cl. The molecule has 1 heterocycles. The molecule has 3 atom stereocenters. The Morgan fingerprint density at radius 2 is 2.11 bits per heavy atom. The van der Waals surface area contributed by atoms with Crippen molar-refractivity contribution in [3.8, 4) is 0 Å². The summed E-state index contributed by atoms with van der Waals surface area (Å²) in [6.07, 6.45) is 2.83.